The minimum Gasteiger partial charge on any atom is -0.377 e. The van der Waals surface area contributed by atoms with E-state index in [0.717, 1.165) is 25.7 Å². The maximum Gasteiger partial charge on any atom is 0.191 e. The average molecular weight is 283 g/mol. The van der Waals surface area contributed by atoms with Gasteiger partial charge in [-0.05, 0) is 12.8 Å². The van der Waals surface area contributed by atoms with Crippen LogP contribution in [-0.2, 0) is 4.74 Å². The van der Waals surface area contributed by atoms with Gasteiger partial charge in [0.05, 0.1) is 12.1 Å². The van der Waals surface area contributed by atoms with Crippen molar-refractivity contribution in [3.05, 3.63) is 0 Å². The normalized spacial score (nSPS) is 38.5. The van der Waals surface area contributed by atoms with Gasteiger partial charge in [0.2, 0.25) is 0 Å². The van der Waals surface area contributed by atoms with Gasteiger partial charge in [-0.15, -0.1) is 0 Å². The van der Waals surface area contributed by atoms with Crippen molar-refractivity contribution in [1.82, 2.24) is 4.90 Å². The van der Waals surface area contributed by atoms with Gasteiger partial charge in [-0.1, -0.05) is 13.8 Å². The van der Waals surface area contributed by atoms with Crippen molar-refractivity contribution < 1.29 is 4.74 Å². The zero-order valence-electron chi connectivity index (χ0n) is 12.0. The van der Waals surface area contributed by atoms with Gasteiger partial charge in [0.15, 0.2) is 5.96 Å². The number of hydrogen-bond donors (Lipinski definition) is 1. The lowest BCUT2D eigenvalue weighted by Crippen LogP contribution is -2.64. The molecule has 4 nitrogen and oxygen atoms in total. The predicted molar refractivity (Wildman–Crippen MR) is 80.6 cm³/mol. The molecule has 0 bridgehead atoms. The fourth-order valence-corrected chi connectivity index (χ4v) is 4.68. The van der Waals surface area contributed by atoms with Gasteiger partial charge >= 0.3 is 0 Å². The molecule has 2 heterocycles. The van der Waals surface area contributed by atoms with Gasteiger partial charge in [0, 0.05) is 42.5 Å². The summed E-state index contributed by atoms with van der Waals surface area (Å²) in [7, 11) is 0. The van der Waals surface area contributed by atoms with E-state index in [1.165, 1.54) is 24.3 Å². The zero-order chi connectivity index (χ0) is 13.5. The summed E-state index contributed by atoms with van der Waals surface area (Å²) in [5, 5.41) is 0. The predicted octanol–water partition coefficient (Wildman–Crippen LogP) is 1.55. The Hall–Kier alpha value is -0.420. The van der Waals surface area contributed by atoms with E-state index in [9.17, 15) is 0 Å². The Labute approximate surface area is 120 Å². The Morgan fingerprint density at radius 3 is 2.84 bits per heavy atom. The fraction of sp³-hybridized carbons (Fsp3) is 0.929. The van der Waals surface area contributed by atoms with Crippen molar-refractivity contribution in [2.75, 3.05) is 31.2 Å². The number of ether oxygens (including phenoxy) is 1. The lowest BCUT2D eigenvalue weighted by molar-refractivity contribution is -0.182. The summed E-state index contributed by atoms with van der Waals surface area (Å²) in [4.78, 5) is 7.11. The monoisotopic (exact) mass is 283 g/mol. The summed E-state index contributed by atoms with van der Waals surface area (Å²) in [6.07, 6.45) is 2.80. The number of nitrogens with two attached hydrogens (primary N) is 1. The van der Waals surface area contributed by atoms with Crippen LogP contribution in [0.25, 0.3) is 0 Å². The minimum atomic E-state index is 0.139. The Balaban J connectivity index is 1.70. The van der Waals surface area contributed by atoms with Crippen molar-refractivity contribution in [1.29, 1.82) is 0 Å². The van der Waals surface area contributed by atoms with Crippen molar-refractivity contribution in [3.63, 3.8) is 0 Å². The molecular formula is C14H25N3OS. The maximum atomic E-state index is 6.23. The first-order chi connectivity index (χ1) is 9.10. The molecule has 2 aliphatic heterocycles. The average Bonchev–Trinajstić information content (AvgIpc) is 2.45. The van der Waals surface area contributed by atoms with Crippen LogP contribution in [0.2, 0.25) is 0 Å². The molecule has 0 aromatic rings. The molecule has 1 saturated carbocycles. The molecule has 0 amide bonds. The minimum absolute atomic E-state index is 0.139. The second-order valence-corrected chi connectivity index (χ2v) is 7.68. The lowest BCUT2D eigenvalue weighted by atomic mass is 9.55. The molecule has 0 radical (unpaired) electrons. The molecular weight excluding hydrogens is 258 g/mol. The Morgan fingerprint density at radius 1 is 1.37 bits per heavy atom. The summed E-state index contributed by atoms with van der Waals surface area (Å²) < 4.78 is 5.92. The zero-order valence-corrected chi connectivity index (χ0v) is 12.8. The molecule has 2 N–H and O–H groups in total. The maximum absolute atomic E-state index is 6.23. The summed E-state index contributed by atoms with van der Waals surface area (Å²) in [5.74, 6) is 3.67. The SMILES string of the molecule is CC1(C)C(N=C(N)N2CCSCC2)C2CCCOC21. The third-order valence-corrected chi connectivity index (χ3v) is 5.82. The first-order valence-electron chi connectivity index (χ1n) is 7.38. The lowest BCUT2D eigenvalue weighted by Gasteiger charge is -2.58. The third-order valence-electron chi connectivity index (χ3n) is 4.88. The van der Waals surface area contributed by atoms with E-state index in [0.29, 0.717) is 18.1 Å². The van der Waals surface area contributed by atoms with Gasteiger partial charge in [-0.2, -0.15) is 11.8 Å². The molecule has 2 saturated heterocycles. The van der Waals surface area contributed by atoms with Crippen LogP contribution in [-0.4, -0.2) is 54.2 Å². The molecule has 1 aliphatic carbocycles. The Morgan fingerprint density at radius 2 is 2.11 bits per heavy atom. The van der Waals surface area contributed by atoms with Crippen LogP contribution in [0.3, 0.4) is 0 Å². The number of thioether (sulfide) groups is 1. The quantitative estimate of drug-likeness (QED) is 0.586. The highest BCUT2D eigenvalue weighted by atomic mass is 32.2. The van der Waals surface area contributed by atoms with Crippen LogP contribution in [0.1, 0.15) is 26.7 Å². The van der Waals surface area contributed by atoms with Gasteiger partial charge in [0.1, 0.15) is 0 Å². The Bertz CT molecular complexity index is 366. The number of hydrogen-bond acceptors (Lipinski definition) is 3. The highest BCUT2D eigenvalue weighted by Crippen LogP contribution is 2.53. The van der Waals surface area contributed by atoms with E-state index in [-0.39, 0.29) is 5.41 Å². The highest BCUT2D eigenvalue weighted by molar-refractivity contribution is 7.99. The molecule has 3 fully saturated rings. The van der Waals surface area contributed by atoms with E-state index < -0.39 is 0 Å². The summed E-state index contributed by atoms with van der Waals surface area (Å²) in [6, 6.07) is 0.340. The van der Waals surface area contributed by atoms with Crippen LogP contribution in [0.15, 0.2) is 4.99 Å². The van der Waals surface area contributed by atoms with Crippen LogP contribution >= 0.6 is 11.8 Å². The number of aliphatic imine (C=N–C) groups is 1. The van der Waals surface area contributed by atoms with Gasteiger partial charge in [0.25, 0.3) is 0 Å². The summed E-state index contributed by atoms with van der Waals surface area (Å²) in [6.45, 7) is 7.54. The van der Waals surface area contributed by atoms with E-state index >= 15 is 0 Å². The van der Waals surface area contributed by atoms with Crippen molar-refractivity contribution >= 4 is 17.7 Å². The molecule has 0 aromatic carbocycles. The first-order valence-corrected chi connectivity index (χ1v) is 8.54. The largest absolute Gasteiger partial charge is 0.377 e. The van der Waals surface area contributed by atoms with Crippen LogP contribution in [0.5, 0.6) is 0 Å². The number of rotatable bonds is 1. The molecule has 3 rings (SSSR count). The number of nitrogens with zero attached hydrogens (tertiary/aromatic N) is 2. The third kappa shape index (κ3) is 2.35. The molecule has 5 heteroatoms. The molecule has 3 atom stereocenters. The van der Waals surface area contributed by atoms with Crippen LogP contribution < -0.4 is 5.73 Å². The Kier molecular flexibility index (Phi) is 3.69. The molecule has 3 aliphatic rings. The fourth-order valence-electron chi connectivity index (χ4n) is 3.77. The second-order valence-electron chi connectivity index (χ2n) is 6.45. The molecule has 3 unspecified atom stereocenters. The van der Waals surface area contributed by atoms with Gasteiger partial charge in [-0.3, -0.25) is 0 Å². The first kappa shape index (κ1) is 13.6. The van der Waals surface area contributed by atoms with Crippen molar-refractivity contribution in [2.24, 2.45) is 22.1 Å². The van der Waals surface area contributed by atoms with E-state index in [1.54, 1.807) is 0 Å². The molecule has 0 spiro atoms. The number of fused-ring (bicyclic) bond motifs is 1. The van der Waals surface area contributed by atoms with E-state index in [1.807, 2.05) is 11.8 Å². The van der Waals surface area contributed by atoms with E-state index in [4.69, 9.17) is 15.5 Å². The highest BCUT2D eigenvalue weighted by Gasteiger charge is 2.58. The van der Waals surface area contributed by atoms with Gasteiger partial charge < -0.3 is 15.4 Å². The van der Waals surface area contributed by atoms with Crippen LogP contribution in [0, 0.1) is 11.3 Å². The topological polar surface area (TPSA) is 50.8 Å². The summed E-state index contributed by atoms with van der Waals surface area (Å²) >= 11 is 2.00. The van der Waals surface area contributed by atoms with Crippen molar-refractivity contribution in [3.8, 4) is 0 Å². The smallest absolute Gasteiger partial charge is 0.191 e. The van der Waals surface area contributed by atoms with Crippen molar-refractivity contribution in [2.45, 2.75) is 38.8 Å². The van der Waals surface area contributed by atoms with Gasteiger partial charge in [-0.25, -0.2) is 4.99 Å². The second kappa shape index (κ2) is 5.17. The van der Waals surface area contributed by atoms with E-state index in [2.05, 4.69) is 18.7 Å². The molecule has 108 valence electrons. The summed E-state index contributed by atoms with van der Waals surface area (Å²) in [5.41, 5.74) is 6.37. The standard InChI is InChI=1S/C14H25N3OS/c1-14(2)11(10-4-3-7-18-12(10)14)16-13(15)17-5-8-19-9-6-17/h10-12H,3-9H2,1-2H3,(H2,15,16). The van der Waals surface area contributed by atoms with Crippen LogP contribution in [0.4, 0.5) is 0 Å². The molecule has 19 heavy (non-hydrogen) atoms. The number of guanidine groups is 1. The molecule has 0 aromatic heterocycles.